The van der Waals surface area contributed by atoms with Gasteiger partial charge >= 0.3 is 0 Å². The molecule has 1 atom stereocenters. The average Bonchev–Trinajstić information content (AvgIpc) is 3.67. The zero-order valence-electron chi connectivity index (χ0n) is 32.8. The van der Waals surface area contributed by atoms with Crippen LogP contribution in [0.15, 0.2) is 133 Å². The number of para-hydroxylation sites is 2. The Balaban J connectivity index is 1.12. The van der Waals surface area contributed by atoms with Gasteiger partial charge in [0.05, 0.1) is 11.4 Å². The van der Waals surface area contributed by atoms with Crippen LogP contribution in [-0.2, 0) is 16.2 Å². The summed E-state index contributed by atoms with van der Waals surface area (Å²) in [6.45, 7) is 21.4. The van der Waals surface area contributed by atoms with E-state index in [1.54, 1.807) is 0 Å². The summed E-state index contributed by atoms with van der Waals surface area (Å²) in [5, 5.41) is 0. The van der Waals surface area contributed by atoms with Gasteiger partial charge in [0, 0.05) is 23.4 Å². The van der Waals surface area contributed by atoms with Gasteiger partial charge in [0.1, 0.15) is 18.2 Å². The van der Waals surface area contributed by atoms with Crippen molar-refractivity contribution >= 4 is 22.7 Å². The van der Waals surface area contributed by atoms with Gasteiger partial charge in [-0.05, 0) is 109 Å². The van der Waals surface area contributed by atoms with Crippen molar-refractivity contribution in [1.29, 1.82) is 0 Å². The van der Waals surface area contributed by atoms with Gasteiger partial charge in [-0.25, -0.2) is 0 Å². The van der Waals surface area contributed by atoms with Crippen molar-refractivity contribution in [3.05, 3.63) is 167 Å². The third kappa shape index (κ3) is 6.52. The highest BCUT2D eigenvalue weighted by Gasteiger charge is 2.32. The van der Waals surface area contributed by atoms with E-state index >= 15 is 0 Å². The molecule has 268 valence electrons. The molecular weight excluding hydrogens is 645 g/mol. The molecule has 0 saturated carbocycles. The Kier molecular flexibility index (Phi) is 8.33. The second-order valence-corrected chi connectivity index (χ2v) is 18.0. The van der Waals surface area contributed by atoms with Gasteiger partial charge in [-0.3, -0.25) is 0 Å². The smallest absolute Gasteiger partial charge is 0.129 e. The van der Waals surface area contributed by atoms with Gasteiger partial charge in [0.15, 0.2) is 0 Å². The molecule has 1 aliphatic carbocycles. The molecule has 0 aromatic heterocycles. The van der Waals surface area contributed by atoms with Crippen LogP contribution < -0.4 is 14.5 Å². The summed E-state index contributed by atoms with van der Waals surface area (Å²) >= 11 is 0. The largest absolute Gasteiger partial charge is 0.457 e. The highest BCUT2D eigenvalue weighted by molar-refractivity contribution is 5.87. The number of hydrogen-bond acceptors (Lipinski definition) is 3. The van der Waals surface area contributed by atoms with Crippen LogP contribution in [0.1, 0.15) is 102 Å². The first-order valence-corrected chi connectivity index (χ1v) is 19.1. The van der Waals surface area contributed by atoms with E-state index in [0.29, 0.717) is 6.67 Å². The van der Waals surface area contributed by atoms with Crippen LogP contribution in [0, 0.1) is 0 Å². The van der Waals surface area contributed by atoms with E-state index in [1.165, 1.54) is 61.6 Å². The molecule has 1 heterocycles. The van der Waals surface area contributed by atoms with E-state index in [1.807, 2.05) is 0 Å². The molecule has 0 bridgehead atoms. The lowest BCUT2D eigenvalue weighted by molar-refractivity contribution is 0.482. The van der Waals surface area contributed by atoms with Crippen molar-refractivity contribution in [2.24, 2.45) is 0 Å². The second kappa shape index (κ2) is 12.7. The molecule has 0 amide bonds. The summed E-state index contributed by atoms with van der Waals surface area (Å²) in [5.74, 6) is 1.83. The molecule has 6 aromatic rings. The maximum Gasteiger partial charge on any atom is 0.129 e. The molecule has 0 saturated heterocycles. The highest BCUT2D eigenvalue weighted by atomic mass is 16.5. The molecule has 1 unspecified atom stereocenters. The van der Waals surface area contributed by atoms with Gasteiger partial charge in [0.2, 0.25) is 0 Å². The summed E-state index contributed by atoms with van der Waals surface area (Å²) in [7, 11) is 0. The third-order valence-electron chi connectivity index (χ3n) is 11.1. The quantitative estimate of drug-likeness (QED) is 0.178. The number of ether oxygens (including phenoxy) is 1. The number of benzene rings is 6. The van der Waals surface area contributed by atoms with Crippen molar-refractivity contribution in [1.82, 2.24) is 0 Å². The number of fused-ring (bicyclic) bond motifs is 4. The second-order valence-electron chi connectivity index (χ2n) is 18.0. The monoisotopic (exact) mass is 696 g/mol. The molecule has 1 aliphatic heterocycles. The zero-order chi connectivity index (χ0) is 37.3. The molecule has 0 spiro atoms. The van der Waals surface area contributed by atoms with Crippen LogP contribution in [0.4, 0.5) is 22.7 Å². The van der Waals surface area contributed by atoms with E-state index in [9.17, 15) is 0 Å². The van der Waals surface area contributed by atoms with Crippen LogP contribution in [0.2, 0.25) is 0 Å². The fraction of sp³-hybridized carbons (Fsp3) is 0.280. The first kappa shape index (κ1) is 34.8. The third-order valence-corrected chi connectivity index (χ3v) is 11.1. The molecule has 53 heavy (non-hydrogen) atoms. The summed E-state index contributed by atoms with van der Waals surface area (Å²) < 4.78 is 6.73. The van der Waals surface area contributed by atoms with Gasteiger partial charge < -0.3 is 14.5 Å². The summed E-state index contributed by atoms with van der Waals surface area (Å²) in [6.07, 6.45) is 0. The van der Waals surface area contributed by atoms with Crippen LogP contribution in [-0.4, -0.2) is 6.67 Å². The molecule has 0 radical (unpaired) electrons. The fourth-order valence-corrected chi connectivity index (χ4v) is 7.93. The van der Waals surface area contributed by atoms with E-state index in [0.717, 1.165) is 17.2 Å². The van der Waals surface area contributed by atoms with Crippen molar-refractivity contribution in [2.45, 2.75) is 84.5 Å². The Morgan fingerprint density at radius 1 is 0.453 bits per heavy atom. The Bertz CT molecular complexity index is 2300. The molecule has 8 rings (SSSR count). The SMILES string of the molecule is CC(C)(C)c1cccc(C2c3ccccc3-c3ccc(Oc4cccc(N5CN(c6cc(C(C)(C)C)cc(C(C)(C)C)c6)c6ccccc65)c4)cc32)c1. The number of anilines is 4. The normalized spacial score (nSPS) is 15.3. The summed E-state index contributed by atoms with van der Waals surface area (Å²) in [6, 6.07) is 49.1. The Morgan fingerprint density at radius 2 is 1.04 bits per heavy atom. The molecule has 6 aromatic carbocycles. The Labute approximate surface area is 316 Å². The average molecular weight is 697 g/mol. The lowest BCUT2D eigenvalue weighted by Gasteiger charge is -2.29. The van der Waals surface area contributed by atoms with E-state index in [2.05, 4.69) is 206 Å². The van der Waals surface area contributed by atoms with Gasteiger partial charge in [0.25, 0.3) is 0 Å². The number of nitrogens with zero attached hydrogens (tertiary/aromatic N) is 2. The molecule has 3 heteroatoms. The number of hydrogen-bond donors (Lipinski definition) is 0. The molecule has 3 nitrogen and oxygen atoms in total. The summed E-state index contributed by atoms with van der Waals surface area (Å²) in [4.78, 5) is 4.86. The maximum absolute atomic E-state index is 6.73. The number of rotatable bonds is 5. The van der Waals surface area contributed by atoms with Crippen molar-refractivity contribution in [3.8, 4) is 22.6 Å². The minimum absolute atomic E-state index is 0.0391. The molecule has 0 N–H and O–H groups in total. The van der Waals surface area contributed by atoms with E-state index in [-0.39, 0.29) is 22.2 Å². The lowest BCUT2D eigenvalue weighted by atomic mass is 9.80. The van der Waals surface area contributed by atoms with Gasteiger partial charge in [-0.1, -0.05) is 141 Å². The Morgan fingerprint density at radius 3 is 1.72 bits per heavy atom. The topological polar surface area (TPSA) is 15.7 Å². The standard InChI is InChI=1S/C50H52N2O/c1-48(2,3)34-17-14-16-33(26-34)47-43-21-11-10-20-41(43)42-25-24-40(31-44(42)47)53-39-19-15-18-37(30-39)51-32-52(46-23-13-12-22-45(46)51)38-28-35(49(4,5)6)27-36(29-38)50(7,8)9/h10-31,47H,32H2,1-9H3. The van der Waals surface area contributed by atoms with Gasteiger partial charge in [-0.2, -0.15) is 0 Å². The lowest BCUT2D eigenvalue weighted by Crippen LogP contribution is -2.25. The minimum Gasteiger partial charge on any atom is -0.457 e. The molecular formula is C50H52N2O. The van der Waals surface area contributed by atoms with Gasteiger partial charge in [-0.15, -0.1) is 0 Å². The zero-order valence-corrected chi connectivity index (χ0v) is 32.8. The first-order chi connectivity index (χ1) is 25.1. The predicted molar refractivity (Wildman–Crippen MR) is 224 cm³/mol. The first-order valence-electron chi connectivity index (χ1n) is 19.1. The van der Waals surface area contributed by atoms with Crippen molar-refractivity contribution in [2.75, 3.05) is 16.5 Å². The predicted octanol–water partition coefficient (Wildman–Crippen LogP) is 13.8. The maximum atomic E-state index is 6.73. The Hall–Kier alpha value is -5.28. The van der Waals surface area contributed by atoms with E-state index < -0.39 is 0 Å². The van der Waals surface area contributed by atoms with Crippen molar-refractivity contribution in [3.63, 3.8) is 0 Å². The van der Waals surface area contributed by atoms with Crippen molar-refractivity contribution < 1.29 is 4.74 Å². The van der Waals surface area contributed by atoms with E-state index in [4.69, 9.17) is 4.74 Å². The van der Waals surface area contributed by atoms with Crippen LogP contribution >= 0.6 is 0 Å². The summed E-state index contributed by atoms with van der Waals surface area (Å²) in [5.41, 5.74) is 15.5. The van der Waals surface area contributed by atoms with Crippen LogP contribution in [0.25, 0.3) is 11.1 Å². The minimum atomic E-state index is 0.0391. The highest BCUT2D eigenvalue weighted by Crippen LogP contribution is 2.50. The van der Waals surface area contributed by atoms with Crippen LogP contribution in [0.5, 0.6) is 11.5 Å². The van der Waals surface area contributed by atoms with Crippen LogP contribution in [0.3, 0.4) is 0 Å². The molecule has 2 aliphatic rings. The molecule has 0 fully saturated rings. The fourth-order valence-electron chi connectivity index (χ4n) is 7.93.